The van der Waals surface area contributed by atoms with Gasteiger partial charge in [0.1, 0.15) is 12.4 Å². The number of nitrogens with zero attached hydrogens (tertiary/aromatic N) is 2. The lowest BCUT2D eigenvalue weighted by molar-refractivity contribution is 0.310. The highest BCUT2D eigenvalue weighted by molar-refractivity contribution is 5.90. The van der Waals surface area contributed by atoms with Gasteiger partial charge in [-0.2, -0.15) is 0 Å². The van der Waals surface area contributed by atoms with E-state index in [0.29, 0.717) is 6.61 Å². The normalized spacial score (nSPS) is 11.4. The van der Waals surface area contributed by atoms with E-state index in [-0.39, 0.29) is 0 Å². The molecule has 1 heterocycles. The number of rotatable bonds is 9. The standard InChI is InChI=1S/C23H30N2O/c1-4-5-15-25-17-20(14-16-24(2)3)23-21(25)12-9-13-22(23)26-18-19-10-7-6-8-11-19/h6-13,17H,4-5,14-16,18H2,1-3H3. The second-order valence-corrected chi connectivity index (χ2v) is 7.18. The Balaban J connectivity index is 1.92. The molecule has 0 bridgehead atoms. The topological polar surface area (TPSA) is 17.4 Å². The van der Waals surface area contributed by atoms with Crippen LogP contribution >= 0.6 is 0 Å². The molecular weight excluding hydrogens is 320 g/mol. The third-order valence-electron chi connectivity index (χ3n) is 4.76. The van der Waals surface area contributed by atoms with Gasteiger partial charge in [0.25, 0.3) is 0 Å². The van der Waals surface area contributed by atoms with Crippen LogP contribution in [0.1, 0.15) is 30.9 Å². The summed E-state index contributed by atoms with van der Waals surface area (Å²) in [7, 11) is 4.26. The van der Waals surface area contributed by atoms with Crippen LogP contribution in [0.15, 0.2) is 54.7 Å². The molecule has 0 spiro atoms. The van der Waals surface area contributed by atoms with Crippen LogP contribution in [-0.2, 0) is 19.6 Å². The molecule has 0 radical (unpaired) electrons. The molecule has 2 aromatic carbocycles. The van der Waals surface area contributed by atoms with Crippen LogP contribution in [0.25, 0.3) is 10.9 Å². The fourth-order valence-corrected chi connectivity index (χ4v) is 3.31. The molecule has 0 N–H and O–H groups in total. The largest absolute Gasteiger partial charge is 0.488 e. The van der Waals surface area contributed by atoms with Crippen molar-refractivity contribution in [3.63, 3.8) is 0 Å². The summed E-state index contributed by atoms with van der Waals surface area (Å²) < 4.78 is 8.65. The van der Waals surface area contributed by atoms with Crippen molar-refractivity contribution in [1.29, 1.82) is 0 Å². The molecule has 0 amide bonds. The molecule has 26 heavy (non-hydrogen) atoms. The zero-order valence-corrected chi connectivity index (χ0v) is 16.2. The monoisotopic (exact) mass is 350 g/mol. The number of ether oxygens (including phenoxy) is 1. The molecule has 3 heteroatoms. The number of hydrogen-bond acceptors (Lipinski definition) is 2. The summed E-state index contributed by atoms with van der Waals surface area (Å²) in [4.78, 5) is 2.24. The molecule has 0 aliphatic heterocycles. The summed E-state index contributed by atoms with van der Waals surface area (Å²) in [5, 5.41) is 1.28. The smallest absolute Gasteiger partial charge is 0.129 e. The fraction of sp³-hybridized carbons (Fsp3) is 0.391. The van der Waals surface area contributed by atoms with Crippen LogP contribution in [0, 0.1) is 0 Å². The molecule has 0 atom stereocenters. The van der Waals surface area contributed by atoms with Gasteiger partial charge in [0.15, 0.2) is 0 Å². The molecule has 0 aliphatic rings. The van der Waals surface area contributed by atoms with Gasteiger partial charge in [-0.15, -0.1) is 0 Å². The van der Waals surface area contributed by atoms with Gasteiger partial charge in [-0.25, -0.2) is 0 Å². The van der Waals surface area contributed by atoms with E-state index in [1.54, 1.807) is 0 Å². The first-order valence-corrected chi connectivity index (χ1v) is 9.61. The van der Waals surface area contributed by atoms with Crippen LogP contribution in [-0.4, -0.2) is 30.1 Å². The van der Waals surface area contributed by atoms with E-state index in [1.807, 2.05) is 6.07 Å². The number of aromatic nitrogens is 1. The Morgan fingerprint density at radius 2 is 1.81 bits per heavy atom. The predicted octanol–water partition coefficient (Wildman–Crippen LogP) is 5.12. The Kier molecular flexibility index (Phi) is 6.35. The Bertz CT molecular complexity index is 821. The van der Waals surface area contributed by atoms with E-state index in [4.69, 9.17) is 4.74 Å². The van der Waals surface area contributed by atoms with E-state index < -0.39 is 0 Å². The maximum absolute atomic E-state index is 6.24. The zero-order chi connectivity index (χ0) is 18.4. The molecule has 0 saturated heterocycles. The second-order valence-electron chi connectivity index (χ2n) is 7.18. The maximum atomic E-state index is 6.24. The van der Waals surface area contributed by atoms with Gasteiger partial charge in [-0.1, -0.05) is 49.7 Å². The number of unbranched alkanes of at least 4 members (excludes halogenated alkanes) is 1. The van der Waals surface area contributed by atoms with Crippen LogP contribution in [0.2, 0.25) is 0 Å². The minimum atomic E-state index is 0.604. The second kappa shape index (κ2) is 8.91. The maximum Gasteiger partial charge on any atom is 0.129 e. The lowest BCUT2D eigenvalue weighted by atomic mass is 10.1. The zero-order valence-electron chi connectivity index (χ0n) is 16.2. The Morgan fingerprint density at radius 3 is 2.54 bits per heavy atom. The van der Waals surface area contributed by atoms with E-state index in [1.165, 1.54) is 34.9 Å². The summed E-state index contributed by atoms with van der Waals surface area (Å²) in [6.07, 6.45) is 5.77. The van der Waals surface area contributed by atoms with Crippen LogP contribution < -0.4 is 4.74 Å². The Morgan fingerprint density at radius 1 is 1.00 bits per heavy atom. The number of fused-ring (bicyclic) bond motifs is 1. The highest BCUT2D eigenvalue weighted by Gasteiger charge is 2.13. The Hall–Kier alpha value is -2.26. The van der Waals surface area contributed by atoms with Gasteiger partial charge in [-0.3, -0.25) is 0 Å². The summed E-state index contributed by atoms with van der Waals surface area (Å²) in [6, 6.07) is 16.8. The highest BCUT2D eigenvalue weighted by Crippen LogP contribution is 2.32. The first-order chi connectivity index (χ1) is 12.7. The van der Waals surface area contributed by atoms with Gasteiger partial charge < -0.3 is 14.2 Å². The van der Waals surface area contributed by atoms with Crippen molar-refractivity contribution in [2.24, 2.45) is 0 Å². The van der Waals surface area contributed by atoms with Crippen LogP contribution in [0.3, 0.4) is 0 Å². The number of likely N-dealkylation sites (N-methyl/N-ethyl adjacent to an activating group) is 1. The number of aryl methyl sites for hydroxylation is 1. The first-order valence-electron chi connectivity index (χ1n) is 9.61. The average Bonchev–Trinajstić information content (AvgIpc) is 3.02. The van der Waals surface area contributed by atoms with Gasteiger partial charge in [0.05, 0.1) is 5.52 Å². The molecule has 3 aromatic rings. The van der Waals surface area contributed by atoms with Gasteiger partial charge in [-0.05, 0) is 50.2 Å². The number of hydrogen-bond donors (Lipinski definition) is 0. The third kappa shape index (κ3) is 4.47. The van der Waals surface area contributed by atoms with E-state index in [0.717, 1.165) is 25.3 Å². The SMILES string of the molecule is CCCCn1cc(CCN(C)C)c2c(OCc3ccccc3)cccc21. The van der Waals surface area contributed by atoms with Crippen LogP contribution in [0.5, 0.6) is 5.75 Å². The molecule has 3 nitrogen and oxygen atoms in total. The molecular formula is C23H30N2O. The van der Waals surface area contributed by atoms with Crippen molar-refractivity contribution >= 4 is 10.9 Å². The molecule has 0 saturated carbocycles. The van der Waals surface area contributed by atoms with Crippen molar-refractivity contribution in [2.75, 3.05) is 20.6 Å². The molecule has 3 rings (SSSR count). The molecule has 0 aliphatic carbocycles. The van der Waals surface area contributed by atoms with Crippen molar-refractivity contribution in [2.45, 2.75) is 39.3 Å². The summed E-state index contributed by atoms with van der Waals surface area (Å²) in [5.74, 6) is 0.996. The lowest BCUT2D eigenvalue weighted by Gasteiger charge is -2.11. The van der Waals surface area contributed by atoms with Gasteiger partial charge in [0.2, 0.25) is 0 Å². The predicted molar refractivity (Wildman–Crippen MR) is 110 cm³/mol. The first kappa shape index (κ1) is 18.5. The van der Waals surface area contributed by atoms with Gasteiger partial charge in [0, 0.05) is 24.7 Å². The Labute approximate surface area is 157 Å². The molecule has 0 unspecified atom stereocenters. The van der Waals surface area contributed by atoms with Crippen molar-refractivity contribution < 1.29 is 4.74 Å². The van der Waals surface area contributed by atoms with Crippen LogP contribution in [0.4, 0.5) is 0 Å². The van der Waals surface area contributed by atoms with E-state index in [2.05, 4.69) is 79.1 Å². The fourth-order valence-electron chi connectivity index (χ4n) is 3.31. The van der Waals surface area contributed by atoms with Crippen molar-refractivity contribution in [1.82, 2.24) is 9.47 Å². The van der Waals surface area contributed by atoms with Crippen molar-refractivity contribution in [3.8, 4) is 5.75 Å². The lowest BCUT2D eigenvalue weighted by Crippen LogP contribution is -2.15. The average molecular weight is 351 g/mol. The minimum Gasteiger partial charge on any atom is -0.488 e. The van der Waals surface area contributed by atoms with E-state index >= 15 is 0 Å². The third-order valence-corrected chi connectivity index (χ3v) is 4.76. The molecule has 138 valence electrons. The highest BCUT2D eigenvalue weighted by atomic mass is 16.5. The minimum absolute atomic E-state index is 0.604. The molecule has 1 aromatic heterocycles. The van der Waals surface area contributed by atoms with Crippen molar-refractivity contribution in [3.05, 3.63) is 65.9 Å². The summed E-state index contributed by atoms with van der Waals surface area (Å²) in [5.41, 5.74) is 3.87. The summed E-state index contributed by atoms with van der Waals surface area (Å²) in [6.45, 7) is 4.96. The van der Waals surface area contributed by atoms with E-state index in [9.17, 15) is 0 Å². The molecule has 0 fully saturated rings. The quantitative estimate of drug-likeness (QED) is 0.532. The van der Waals surface area contributed by atoms with Gasteiger partial charge >= 0.3 is 0 Å². The summed E-state index contributed by atoms with van der Waals surface area (Å²) >= 11 is 0. The number of benzene rings is 2.